The average Bonchev–Trinajstić information content (AvgIpc) is 2.15. The molecule has 0 heterocycles. The first-order chi connectivity index (χ1) is 7.93. The molecule has 3 nitrogen and oxygen atoms in total. The lowest BCUT2D eigenvalue weighted by Crippen LogP contribution is -2.32. The molecule has 0 fully saturated rings. The number of likely N-dealkylation sites (N-methyl/N-ethyl adjacent to an activating group) is 1. The lowest BCUT2D eigenvalue weighted by molar-refractivity contribution is 0.309. The van der Waals surface area contributed by atoms with E-state index in [1.165, 1.54) is 16.7 Å². The first-order valence-electron chi connectivity index (χ1n) is 6.02. The first kappa shape index (κ1) is 14.0. The fraction of sp³-hybridized carbons (Fsp3) is 0.571. The van der Waals surface area contributed by atoms with Crippen LogP contribution in [0, 0.1) is 13.8 Å². The van der Waals surface area contributed by atoms with Gasteiger partial charge in [0.25, 0.3) is 0 Å². The lowest BCUT2D eigenvalue weighted by Gasteiger charge is -2.20. The summed E-state index contributed by atoms with van der Waals surface area (Å²) >= 11 is 0. The van der Waals surface area contributed by atoms with Crippen LogP contribution < -0.4 is 10.5 Å². The number of hydrogen-bond acceptors (Lipinski definition) is 3. The van der Waals surface area contributed by atoms with Crippen LogP contribution in [0.25, 0.3) is 0 Å². The standard InChI is InChI=1S/C14H24N2O/c1-10-6-13(7-11(2)14(10)17-5)9-16(4)8-12(3)15/h6-7,12H,8-9,15H2,1-5H3. The summed E-state index contributed by atoms with van der Waals surface area (Å²) in [7, 11) is 3.81. The molecular formula is C14H24N2O. The first-order valence-corrected chi connectivity index (χ1v) is 6.02. The number of nitrogens with zero attached hydrogens (tertiary/aromatic N) is 1. The van der Waals surface area contributed by atoms with Crippen molar-refractivity contribution in [3.8, 4) is 5.75 Å². The fourth-order valence-corrected chi connectivity index (χ4v) is 2.32. The van der Waals surface area contributed by atoms with Gasteiger partial charge < -0.3 is 15.4 Å². The second-order valence-corrected chi connectivity index (χ2v) is 4.94. The van der Waals surface area contributed by atoms with Crippen LogP contribution in [-0.4, -0.2) is 31.6 Å². The molecule has 0 aliphatic carbocycles. The van der Waals surface area contributed by atoms with E-state index < -0.39 is 0 Å². The number of rotatable bonds is 5. The zero-order valence-corrected chi connectivity index (χ0v) is 11.6. The predicted octanol–water partition coefficient (Wildman–Crippen LogP) is 2.09. The molecule has 1 rings (SSSR count). The van der Waals surface area contributed by atoms with Crippen LogP contribution in [0.3, 0.4) is 0 Å². The maximum Gasteiger partial charge on any atom is 0.124 e. The van der Waals surface area contributed by atoms with E-state index in [-0.39, 0.29) is 6.04 Å². The quantitative estimate of drug-likeness (QED) is 0.851. The number of hydrogen-bond donors (Lipinski definition) is 1. The predicted molar refractivity (Wildman–Crippen MR) is 72.5 cm³/mol. The second-order valence-electron chi connectivity index (χ2n) is 4.94. The molecule has 0 spiro atoms. The van der Waals surface area contributed by atoms with Crippen molar-refractivity contribution in [1.82, 2.24) is 4.90 Å². The van der Waals surface area contributed by atoms with Gasteiger partial charge in [-0.3, -0.25) is 0 Å². The zero-order chi connectivity index (χ0) is 13.0. The third-order valence-corrected chi connectivity index (χ3v) is 2.78. The van der Waals surface area contributed by atoms with Crippen molar-refractivity contribution in [3.05, 3.63) is 28.8 Å². The normalized spacial score (nSPS) is 12.9. The van der Waals surface area contributed by atoms with Crippen LogP contribution in [0.4, 0.5) is 0 Å². The molecular weight excluding hydrogens is 212 g/mol. The van der Waals surface area contributed by atoms with Crippen LogP contribution in [0.5, 0.6) is 5.75 Å². The number of ether oxygens (including phenoxy) is 1. The molecule has 0 bridgehead atoms. The molecule has 1 aromatic rings. The van der Waals surface area contributed by atoms with Crippen molar-refractivity contribution < 1.29 is 4.74 Å². The molecule has 96 valence electrons. The highest BCUT2D eigenvalue weighted by atomic mass is 16.5. The Morgan fingerprint density at radius 2 is 1.82 bits per heavy atom. The Kier molecular flexibility index (Phi) is 4.97. The summed E-state index contributed by atoms with van der Waals surface area (Å²) in [5.74, 6) is 0.989. The summed E-state index contributed by atoms with van der Waals surface area (Å²) in [4.78, 5) is 2.24. The van der Waals surface area contributed by atoms with E-state index in [0.717, 1.165) is 18.8 Å². The van der Waals surface area contributed by atoms with E-state index in [2.05, 4.69) is 37.9 Å². The van der Waals surface area contributed by atoms with Gasteiger partial charge in [0.15, 0.2) is 0 Å². The average molecular weight is 236 g/mol. The Morgan fingerprint density at radius 3 is 2.24 bits per heavy atom. The molecule has 0 radical (unpaired) electrons. The van der Waals surface area contributed by atoms with Gasteiger partial charge in [0, 0.05) is 19.1 Å². The smallest absolute Gasteiger partial charge is 0.124 e. The Hall–Kier alpha value is -1.06. The van der Waals surface area contributed by atoms with Gasteiger partial charge in [-0.05, 0) is 44.5 Å². The van der Waals surface area contributed by atoms with Gasteiger partial charge in [-0.25, -0.2) is 0 Å². The lowest BCUT2D eigenvalue weighted by atomic mass is 10.1. The molecule has 0 aliphatic rings. The number of methoxy groups -OCH3 is 1. The van der Waals surface area contributed by atoms with Crippen molar-refractivity contribution >= 4 is 0 Å². The molecule has 1 atom stereocenters. The summed E-state index contributed by atoms with van der Waals surface area (Å²) < 4.78 is 5.37. The fourth-order valence-electron chi connectivity index (χ4n) is 2.32. The molecule has 0 aliphatic heterocycles. The molecule has 0 amide bonds. The molecule has 0 saturated carbocycles. The number of nitrogens with two attached hydrogens (primary N) is 1. The highest BCUT2D eigenvalue weighted by Crippen LogP contribution is 2.24. The second kappa shape index (κ2) is 6.03. The highest BCUT2D eigenvalue weighted by Gasteiger charge is 2.08. The van der Waals surface area contributed by atoms with Gasteiger partial charge in [-0.15, -0.1) is 0 Å². The van der Waals surface area contributed by atoms with Crippen LogP contribution in [0.2, 0.25) is 0 Å². The maximum atomic E-state index is 5.79. The van der Waals surface area contributed by atoms with Gasteiger partial charge in [-0.1, -0.05) is 12.1 Å². The summed E-state index contributed by atoms with van der Waals surface area (Å²) in [5, 5.41) is 0. The third-order valence-electron chi connectivity index (χ3n) is 2.78. The highest BCUT2D eigenvalue weighted by molar-refractivity contribution is 5.43. The molecule has 2 N–H and O–H groups in total. The van der Waals surface area contributed by atoms with E-state index in [4.69, 9.17) is 10.5 Å². The maximum absolute atomic E-state index is 5.79. The summed E-state index contributed by atoms with van der Waals surface area (Å²) in [6, 6.07) is 4.58. The zero-order valence-electron chi connectivity index (χ0n) is 11.6. The SMILES string of the molecule is COc1c(C)cc(CN(C)CC(C)N)cc1C. The van der Waals surface area contributed by atoms with Gasteiger partial charge in [0.1, 0.15) is 5.75 Å². The van der Waals surface area contributed by atoms with Crippen molar-refractivity contribution in [3.63, 3.8) is 0 Å². The van der Waals surface area contributed by atoms with Gasteiger partial charge >= 0.3 is 0 Å². The Balaban J connectivity index is 2.79. The third kappa shape index (κ3) is 4.02. The molecule has 3 heteroatoms. The minimum atomic E-state index is 0.209. The molecule has 1 unspecified atom stereocenters. The van der Waals surface area contributed by atoms with E-state index in [9.17, 15) is 0 Å². The van der Waals surface area contributed by atoms with Crippen LogP contribution in [0.15, 0.2) is 12.1 Å². The monoisotopic (exact) mass is 236 g/mol. The number of aryl methyl sites for hydroxylation is 2. The molecule has 17 heavy (non-hydrogen) atoms. The Bertz CT molecular complexity index is 351. The Morgan fingerprint density at radius 1 is 1.29 bits per heavy atom. The Labute approximate surface area is 105 Å². The molecule has 0 saturated heterocycles. The summed E-state index contributed by atoms with van der Waals surface area (Å²) in [5.41, 5.74) is 9.48. The largest absolute Gasteiger partial charge is 0.496 e. The number of benzene rings is 1. The molecule has 0 aromatic heterocycles. The summed E-state index contributed by atoms with van der Waals surface area (Å²) in [6.45, 7) is 8.03. The van der Waals surface area contributed by atoms with Crippen molar-refractivity contribution in [1.29, 1.82) is 0 Å². The van der Waals surface area contributed by atoms with E-state index in [0.29, 0.717) is 0 Å². The van der Waals surface area contributed by atoms with Crippen molar-refractivity contribution in [2.45, 2.75) is 33.4 Å². The van der Waals surface area contributed by atoms with E-state index in [1.54, 1.807) is 7.11 Å². The topological polar surface area (TPSA) is 38.5 Å². The van der Waals surface area contributed by atoms with Crippen molar-refractivity contribution in [2.24, 2.45) is 5.73 Å². The van der Waals surface area contributed by atoms with E-state index in [1.807, 2.05) is 6.92 Å². The van der Waals surface area contributed by atoms with Crippen LogP contribution in [-0.2, 0) is 6.54 Å². The minimum absolute atomic E-state index is 0.209. The summed E-state index contributed by atoms with van der Waals surface area (Å²) in [6.07, 6.45) is 0. The van der Waals surface area contributed by atoms with Gasteiger partial charge in [-0.2, -0.15) is 0 Å². The van der Waals surface area contributed by atoms with Crippen LogP contribution >= 0.6 is 0 Å². The van der Waals surface area contributed by atoms with Gasteiger partial charge in [0.2, 0.25) is 0 Å². The van der Waals surface area contributed by atoms with E-state index >= 15 is 0 Å². The van der Waals surface area contributed by atoms with Crippen LogP contribution in [0.1, 0.15) is 23.6 Å². The minimum Gasteiger partial charge on any atom is -0.496 e. The van der Waals surface area contributed by atoms with Gasteiger partial charge in [0.05, 0.1) is 7.11 Å². The molecule has 1 aromatic carbocycles. The van der Waals surface area contributed by atoms with Crippen molar-refractivity contribution in [2.75, 3.05) is 20.7 Å².